The summed E-state index contributed by atoms with van der Waals surface area (Å²) < 4.78 is 2.30. The number of fused-ring (bicyclic) bond motifs is 2. The second kappa shape index (κ2) is 8.29. The van der Waals surface area contributed by atoms with Crippen LogP contribution in [0.15, 0.2) is 42.6 Å². The fraction of sp³-hybridized carbons (Fsp3) is 0.273. The minimum Gasteiger partial charge on any atom is -0.478 e. The molecule has 6 nitrogen and oxygen atoms in total. The van der Waals surface area contributed by atoms with Crippen LogP contribution in [0.1, 0.15) is 48.5 Å². The Hall–Kier alpha value is -2.18. The standard InChI is InChI=1S/C22H19N4O2.Y/c27-22(28)15-7-9-20-19(13-15)25-21(26(20)16-4-2-1-3-5-16)14-6-8-17-18(12-14)24-11-10-23-17;/h6-9,11-13,16H,1-5H2,(H,27,28);/q-1;. The van der Waals surface area contributed by atoms with Crippen LogP contribution in [0.5, 0.6) is 0 Å². The first-order chi connectivity index (χ1) is 13.7. The van der Waals surface area contributed by atoms with E-state index in [-0.39, 0.29) is 38.3 Å². The quantitative estimate of drug-likeness (QED) is 0.451. The molecule has 2 aromatic heterocycles. The predicted octanol–water partition coefficient (Wildman–Crippen LogP) is 4.65. The SMILES string of the molecule is O=C(O)c1ccc2c(c1)nc(-c1ccc3n[c-]cnc3c1)n2C1CCCCC1.[Y]. The Morgan fingerprint density at radius 3 is 2.66 bits per heavy atom. The van der Waals surface area contributed by atoms with Crippen molar-refractivity contribution in [1.29, 1.82) is 0 Å². The number of aromatic carboxylic acids is 1. The summed E-state index contributed by atoms with van der Waals surface area (Å²) in [5.74, 6) is -0.0751. The molecule has 5 rings (SSSR count). The molecule has 2 heterocycles. The first kappa shape index (κ1) is 20.1. The number of carbonyl (C=O) groups is 1. The summed E-state index contributed by atoms with van der Waals surface area (Å²) in [5, 5.41) is 9.35. The van der Waals surface area contributed by atoms with E-state index in [9.17, 15) is 9.90 Å². The van der Waals surface area contributed by atoms with Crippen molar-refractivity contribution in [2.24, 2.45) is 0 Å². The predicted molar refractivity (Wildman–Crippen MR) is 106 cm³/mol. The average molecular weight is 460 g/mol. The Morgan fingerprint density at radius 2 is 1.86 bits per heavy atom. The number of carboxylic acid groups (broad SMARTS) is 1. The van der Waals surface area contributed by atoms with E-state index in [1.54, 1.807) is 18.3 Å². The van der Waals surface area contributed by atoms with Crippen LogP contribution in [-0.4, -0.2) is 30.6 Å². The average Bonchev–Trinajstić information content (AvgIpc) is 3.12. The van der Waals surface area contributed by atoms with E-state index < -0.39 is 5.97 Å². The van der Waals surface area contributed by atoms with Crippen molar-refractivity contribution in [1.82, 2.24) is 19.5 Å². The van der Waals surface area contributed by atoms with Gasteiger partial charge in [-0.25, -0.2) is 9.78 Å². The molecule has 2 aromatic carbocycles. The van der Waals surface area contributed by atoms with Crippen LogP contribution in [-0.2, 0) is 32.7 Å². The topological polar surface area (TPSA) is 80.9 Å². The van der Waals surface area contributed by atoms with Crippen molar-refractivity contribution in [3.05, 3.63) is 54.4 Å². The fourth-order valence-corrected chi connectivity index (χ4v) is 4.20. The van der Waals surface area contributed by atoms with Gasteiger partial charge >= 0.3 is 5.97 Å². The van der Waals surface area contributed by atoms with Gasteiger partial charge in [0.05, 0.1) is 16.6 Å². The van der Waals surface area contributed by atoms with Crippen LogP contribution >= 0.6 is 0 Å². The van der Waals surface area contributed by atoms with Gasteiger partial charge < -0.3 is 14.7 Å². The zero-order valence-electron chi connectivity index (χ0n) is 15.9. The van der Waals surface area contributed by atoms with Crippen LogP contribution in [0.2, 0.25) is 0 Å². The van der Waals surface area contributed by atoms with Gasteiger partial charge in [-0.15, -0.1) is 12.3 Å². The van der Waals surface area contributed by atoms with Gasteiger partial charge in [-0.1, -0.05) is 30.8 Å². The van der Waals surface area contributed by atoms with Crippen LogP contribution in [0, 0.1) is 6.20 Å². The van der Waals surface area contributed by atoms with Crippen LogP contribution in [0.3, 0.4) is 0 Å². The molecule has 0 bridgehead atoms. The first-order valence-corrected chi connectivity index (χ1v) is 9.59. The van der Waals surface area contributed by atoms with Gasteiger partial charge in [0.1, 0.15) is 5.82 Å². The molecule has 0 aliphatic heterocycles. The molecule has 0 unspecified atom stereocenters. The largest absolute Gasteiger partial charge is 0.478 e. The molecule has 4 aromatic rings. The van der Waals surface area contributed by atoms with E-state index in [0.29, 0.717) is 11.6 Å². The maximum absolute atomic E-state index is 11.4. The Morgan fingerprint density at radius 1 is 1.03 bits per heavy atom. The van der Waals surface area contributed by atoms with Crippen molar-refractivity contribution in [3.63, 3.8) is 0 Å². The molecule has 7 heteroatoms. The molecular formula is C22H19N4O2Y-. The van der Waals surface area contributed by atoms with Crippen LogP contribution in [0.4, 0.5) is 0 Å². The van der Waals surface area contributed by atoms with Gasteiger partial charge in [-0.2, -0.15) is 0 Å². The minimum atomic E-state index is -0.937. The molecule has 1 aliphatic carbocycles. The van der Waals surface area contributed by atoms with E-state index in [1.165, 1.54) is 19.3 Å². The second-order valence-electron chi connectivity index (χ2n) is 7.31. The summed E-state index contributed by atoms with van der Waals surface area (Å²) in [5.41, 5.74) is 4.51. The number of carboxylic acids is 1. The molecule has 29 heavy (non-hydrogen) atoms. The number of rotatable bonds is 3. The summed E-state index contributed by atoms with van der Waals surface area (Å²) in [6, 6.07) is 11.5. The Kier molecular flexibility index (Phi) is 5.75. The van der Waals surface area contributed by atoms with Gasteiger partial charge in [0.15, 0.2) is 0 Å². The minimum absolute atomic E-state index is 0. The first-order valence-electron chi connectivity index (χ1n) is 9.59. The summed E-state index contributed by atoms with van der Waals surface area (Å²) in [7, 11) is 0. The van der Waals surface area contributed by atoms with Gasteiger partial charge in [0.2, 0.25) is 0 Å². The summed E-state index contributed by atoms with van der Waals surface area (Å²) in [6.45, 7) is 0. The molecule has 1 aliphatic rings. The van der Waals surface area contributed by atoms with E-state index in [4.69, 9.17) is 4.98 Å². The summed E-state index contributed by atoms with van der Waals surface area (Å²) in [6.07, 6.45) is 10.2. The zero-order valence-corrected chi connectivity index (χ0v) is 18.7. The van der Waals surface area contributed by atoms with E-state index in [1.807, 2.05) is 24.3 Å². The molecule has 1 radical (unpaired) electrons. The van der Waals surface area contributed by atoms with E-state index in [2.05, 4.69) is 20.7 Å². The van der Waals surface area contributed by atoms with E-state index >= 15 is 0 Å². The van der Waals surface area contributed by atoms with Crippen molar-refractivity contribution in [2.45, 2.75) is 38.1 Å². The number of imidazole rings is 1. The van der Waals surface area contributed by atoms with E-state index in [0.717, 1.165) is 40.8 Å². The Labute approximate surface area is 193 Å². The third-order valence-corrected chi connectivity index (χ3v) is 5.56. The zero-order chi connectivity index (χ0) is 19.1. The molecular weight excluding hydrogens is 441 g/mol. The molecule has 0 amide bonds. The summed E-state index contributed by atoms with van der Waals surface area (Å²) >= 11 is 0. The third kappa shape index (κ3) is 3.71. The normalized spacial score (nSPS) is 14.8. The number of nitrogens with zero attached hydrogens (tertiary/aromatic N) is 4. The van der Waals surface area contributed by atoms with Crippen LogP contribution in [0.25, 0.3) is 33.5 Å². The maximum Gasteiger partial charge on any atom is 0.335 e. The molecule has 0 saturated heterocycles. The number of hydrogen-bond donors (Lipinski definition) is 1. The summed E-state index contributed by atoms with van der Waals surface area (Å²) in [4.78, 5) is 24.8. The molecule has 0 spiro atoms. The number of aromatic nitrogens is 4. The number of hydrogen-bond acceptors (Lipinski definition) is 4. The molecule has 1 fully saturated rings. The second-order valence-corrected chi connectivity index (χ2v) is 7.31. The Balaban J connectivity index is 0.00000205. The van der Waals surface area contributed by atoms with Crippen molar-refractivity contribution < 1.29 is 42.6 Å². The van der Waals surface area contributed by atoms with Crippen molar-refractivity contribution in [3.8, 4) is 11.4 Å². The fourth-order valence-electron chi connectivity index (χ4n) is 4.20. The molecule has 143 valence electrons. The molecule has 1 N–H and O–H groups in total. The molecule has 0 atom stereocenters. The molecule has 1 saturated carbocycles. The van der Waals surface area contributed by atoms with Crippen LogP contribution < -0.4 is 0 Å². The van der Waals surface area contributed by atoms with Gasteiger partial charge in [0, 0.05) is 49.8 Å². The smallest absolute Gasteiger partial charge is 0.335 e. The third-order valence-electron chi connectivity index (χ3n) is 5.56. The van der Waals surface area contributed by atoms with Crippen molar-refractivity contribution in [2.75, 3.05) is 0 Å². The monoisotopic (exact) mass is 460 g/mol. The van der Waals surface area contributed by atoms with Gasteiger partial charge in [-0.05, 0) is 43.3 Å². The van der Waals surface area contributed by atoms with Crippen molar-refractivity contribution >= 4 is 28.0 Å². The Bertz CT molecular complexity index is 1200. The maximum atomic E-state index is 11.4. The van der Waals surface area contributed by atoms with Gasteiger partial charge in [-0.3, -0.25) is 4.98 Å². The number of benzene rings is 2. The van der Waals surface area contributed by atoms with Gasteiger partial charge in [0.25, 0.3) is 0 Å².